The minimum absolute atomic E-state index is 0.102. The highest BCUT2D eigenvalue weighted by atomic mass is 79.9. The molecule has 1 N–H and O–H groups in total. The highest BCUT2D eigenvalue weighted by molar-refractivity contribution is 9.10. The largest absolute Gasteiger partial charge is 0.388 e. The standard InChI is InChI=1S/C16H19BrFNO3/c1-16(2)8-14(21)19(15(22)9-16)6-5-13(20)11-4-3-10(17)7-12(11)18/h3-4,7,13,20H,5-6,8-9H2,1-2H3. The van der Waals surface area contributed by atoms with Crippen LogP contribution in [0.2, 0.25) is 0 Å². The van der Waals surface area contributed by atoms with Crippen molar-refractivity contribution in [1.29, 1.82) is 0 Å². The molecular formula is C16H19BrFNO3. The average molecular weight is 372 g/mol. The summed E-state index contributed by atoms with van der Waals surface area (Å²) >= 11 is 3.15. The zero-order chi connectivity index (χ0) is 16.5. The van der Waals surface area contributed by atoms with Crippen LogP contribution in [0.25, 0.3) is 0 Å². The molecule has 0 aromatic heterocycles. The fourth-order valence-electron chi connectivity index (χ4n) is 2.64. The summed E-state index contributed by atoms with van der Waals surface area (Å²) in [6.07, 6.45) is -0.317. The van der Waals surface area contributed by atoms with Gasteiger partial charge in [-0.05, 0) is 24.0 Å². The lowest BCUT2D eigenvalue weighted by molar-refractivity contribution is -0.152. The third-order valence-corrected chi connectivity index (χ3v) is 4.30. The third kappa shape index (κ3) is 3.93. The first kappa shape index (κ1) is 17.1. The van der Waals surface area contributed by atoms with Gasteiger partial charge >= 0.3 is 0 Å². The lowest BCUT2D eigenvalue weighted by Gasteiger charge is -2.35. The first-order valence-corrected chi connectivity index (χ1v) is 7.95. The maximum absolute atomic E-state index is 13.8. The van der Waals surface area contributed by atoms with Crippen LogP contribution in [0.4, 0.5) is 4.39 Å². The fourth-order valence-corrected chi connectivity index (χ4v) is 2.97. The summed E-state index contributed by atoms with van der Waals surface area (Å²) in [5.41, 5.74) is -0.151. The number of hydrogen-bond donors (Lipinski definition) is 1. The summed E-state index contributed by atoms with van der Waals surface area (Å²) in [6.45, 7) is 3.86. The third-order valence-electron chi connectivity index (χ3n) is 3.81. The number of rotatable bonds is 4. The van der Waals surface area contributed by atoms with E-state index >= 15 is 0 Å². The first-order valence-electron chi connectivity index (χ1n) is 7.16. The van der Waals surface area contributed by atoms with E-state index in [2.05, 4.69) is 15.9 Å². The molecule has 1 heterocycles. The summed E-state index contributed by atoms with van der Waals surface area (Å²) in [6, 6.07) is 4.41. The normalized spacial score (nSPS) is 19.4. The van der Waals surface area contributed by atoms with E-state index in [0.717, 1.165) is 0 Å². The van der Waals surface area contributed by atoms with Crippen LogP contribution < -0.4 is 0 Å². The molecule has 1 fully saturated rings. The van der Waals surface area contributed by atoms with Gasteiger partial charge in [-0.3, -0.25) is 14.5 Å². The minimum Gasteiger partial charge on any atom is -0.388 e. The van der Waals surface area contributed by atoms with Crippen LogP contribution in [0.1, 0.15) is 44.8 Å². The van der Waals surface area contributed by atoms with Gasteiger partial charge in [-0.15, -0.1) is 0 Å². The summed E-state index contributed by atoms with van der Waals surface area (Å²) in [5.74, 6) is -0.978. The van der Waals surface area contributed by atoms with Crippen LogP contribution >= 0.6 is 15.9 Å². The molecule has 1 aromatic carbocycles. The van der Waals surface area contributed by atoms with Crippen molar-refractivity contribution < 1.29 is 19.1 Å². The van der Waals surface area contributed by atoms with E-state index in [0.29, 0.717) is 17.3 Å². The molecular weight excluding hydrogens is 353 g/mol. The van der Waals surface area contributed by atoms with Crippen molar-refractivity contribution in [2.45, 2.75) is 39.2 Å². The van der Waals surface area contributed by atoms with Crippen molar-refractivity contribution in [3.05, 3.63) is 34.1 Å². The number of aliphatic hydroxyl groups excluding tert-OH is 1. The molecule has 0 bridgehead atoms. The molecule has 2 rings (SSSR count). The van der Waals surface area contributed by atoms with Crippen LogP contribution in [0.15, 0.2) is 22.7 Å². The number of carbonyl (C=O) groups excluding carboxylic acids is 2. The lowest BCUT2D eigenvalue weighted by atomic mass is 9.81. The van der Waals surface area contributed by atoms with E-state index < -0.39 is 11.9 Å². The van der Waals surface area contributed by atoms with Gasteiger partial charge in [0, 0.05) is 29.4 Å². The summed E-state index contributed by atoms with van der Waals surface area (Å²) < 4.78 is 14.4. The van der Waals surface area contributed by atoms with E-state index in [-0.39, 0.29) is 35.8 Å². The molecule has 0 saturated carbocycles. The molecule has 1 unspecified atom stereocenters. The molecule has 1 aliphatic heterocycles. The zero-order valence-corrected chi connectivity index (χ0v) is 14.2. The van der Waals surface area contributed by atoms with Gasteiger partial charge in [0.25, 0.3) is 0 Å². The predicted octanol–water partition coefficient (Wildman–Crippen LogP) is 3.19. The number of piperidine rings is 1. The van der Waals surface area contributed by atoms with Crippen molar-refractivity contribution in [2.75, 3.05) is 6.54 Å². The number of carbonyl (C=O) groups is 2. The Labute approximate surface area is 137 Å². The van der Waals surface area contributed by atoms with E-state index in [1.165, 1.54) is 17.0 Å². The average Bonchev–Trinajstić information content (AvgIpc) is 2.35. The molecule has 0 spiro atoms. The molecule has 6 heteroatoms. The van der Waals surface area contributed by atoms with Gasteiger partial charge in [-0.2, -0.15) is 0 Å². The number of amides is 2. The second-order valence-corrected chi connectivity index (χ2v) is 7.34. The fraction of sp³-hybridized carbons (Fsp3) is 0.500. The van der Waals surface area contributed by atoms with Crippen LogP contribution in [-0.2, 0) is 9.59 Å². The van der Waals surface area contributed by atoms with Gasteiger partial charge < -0.3 is 5.11 Å². The Hall–Kier alpha value is -1.27. The van der Waals surface area contributed by atoms with E-state index in [4.69, 9.17) is 0 Å². The molecule has 120 valence electrons. The molecule has 1 atom stereocenters. The number of hydrogen-bond acceptors (Lipinski definition) is 3. The predicted molar refractivity (Wildman–Crippen MR) is 83.4 cm³/mol. The maximum Gasteiger partial charge on any atom is 0.229 e. The number of aliphatic hydroxyl groups is 1. The molecule has 0 radical (unpaired) electrons. The number of likely N-dealkylation sites (tertiary alicyclic amines) is 1. The van der Waals surface area contributed by atoms with Gasteiger partial charge in [-0.25, -0.2) is 4.39 Å². The highest BCUT2D eigenvalue weighted by Gasteiger charge is 2.37. The first-order chi connectivity index (χ1) is 10.2. The molecule has 1 aliphatic rings. The molecule has 0 aliphatic carbocycles. The summed E-state index contributed by atoms with van der Waals surface area (Å²) in [7, 11) is 0. The molecule has 2 amide bonds. The Morgan fingerprint density at radius 3 is 2.45 bits per heavy atom. The Kier molecular flexibility index (Phi) is 5.02. The maximum atomic E-state index is 13.8. The number of imide groups is 1. The zero-order valence-electron chi connectivity index (χ0n) is 12.6. The van der Waals surface area contributed by atoms with Crippen LogP contribution in [0, 0.1) is 11.2 Å². The highest BCUT2D eigenvalue weighted by Crippen LogP contribution is 2.32. The van der Waals surface area contributed by atoms with Crippen LogP contribution in [-0.4, -0.2) is 28.4 Å². The second kappa shape index (κ2) is 6.46. The summed E-state index contributed by atoms with van der Waals surface area (Å²) in [5, 5.41) is 10.1. The Bertz CT molecular complexity index is 583. The minimum atomic E-state index is -1.05. The topological polar surface area (TPSA) is 57.6 Å². The van der Waals surface area contributed by atoms with Gasteiger partial charge in [0.15, 0.2) is 0 Å². The SMILES string of the molecule is CC1(C)CC(=O)N(CCC(O)c2ccc(Br)cc2F)C(=O)C1. The second-order valence-electron chi connectivity index (χ2n) is 6.43. The van der Waals surface area contributed by atoms with Crippen LogP contribution in [0.3, 0.4) is 0 Å². The smallest absolute Gasteiger partial charge is 0.229 e. The van der Waals surface area contributed by atoms with Crippen molar-refractivity contribution in [2.24, 2.45) is 5.41 Å². The Morgan fingerprint density at radius 1 is 1.32 bits per heavy atom. The Morgan fingerprint density at radius 2 is 1.91 bits per heavy atom. The van der Waals surface area contributed by atoms with Gasteiger partial charge in [0.2, 0.25) is 11.8 Å². The van der Waals surface area contributed by atoms with E-state index in [1.807, 2.05) is 13.8 Å². The Balaban J connectivity index is 2.00. The van der Waals surface area contributed by atoms with Crippen LogP contribution in [0.5, 0.6) is 0 Å². The molecule has 4 nitrogen and oxygen atoms in total. The van der Waals surface area contributed by atoms with Crippen molar-refractivity contribution in [1.82, 2.24) is 4.90 Å². The monoisotopic (exact) mass is 371 g/mol. The summed E-state index contributed by atoms with van der Waals surface area (Å²) in [4.78, 5) is 25.2. The molecule has 1 saturated heterocycles. The molecule has 22 heavy (non-hydrogen) atoms. The number of nitrogens with zero attached hydrogens (tertiary/aromatic N) is 1. The van der Waals surface area contributed by atoms with Crippen molar-refractivity contribution >= 4 is 27.7 Å². The van der Waals surface area contributed by atoms with E-state index in [1.54, 1.807) is 6.07 Å². The molecule has 1 aromatic rings. The van der Waals surface area contributed by atoms with Gasteiger partial charge in [-0.1, -0.05) is 35.8 Å². The number of benzene rings is 1. The van der Waals surface area contributed by atoms with Gasteiger partial charge in [0.05, 0.1) is 6.10 Å². The lowest BCUT2D eigenvalue weighted by Crippen LogP contribution is -2.46. The van der Waals surface area contributed by atoms with E-state index in [9.17, 15) is 19.1 Å². The quantitative estimate of drug-likeness (QED) is 0.826. The van der Waals surface area contributed by atoms with Gasteiger partial charge in [0.1, 0.15) is 5.82 Å². The van der Waals surface area contributed by atoms with Crippen molar-refractivity contribution in [3.8, 4) is 0 Å². The number of halogens is 2. The van der Waals surface area contributed by atoms with Crippen molar-refractivity contribution in [3.63, 3.8) is 0 Å².